The maximum absolute atomic E-state index is 12.4. The number of benzene rings is 1. The second kappa shape index (κ2) is 6.29. The first-order valence-corrected chi connectivity index (χ1v) is 8.31. The van der Waals surface area contributed by atoms with Crippen LogP contribution in [0.2, 0.25) is 0 Å². The van der Waals surface area contributed by atoms with Gasteiger partial charge in [0.1, 0.15) is 0 Å². The van der Waals surface area contributed by atoms with Crippen LogP contribution in [-0.4, -0.2) is 35.7 Å². The van der Waals surface area contributed by atoms with Crippen molar-refractivity contribution in [1.29, 1.82) is 0 Å². The lowest BCUT2D eigenvalue weighted by Crippen LogP contribution is -2.43. The van der Waals surface area contributed by atoms with Gasteiger partial charge in [-0.15, -0.1) is 0 Å². The number of nitrogens with one attached hydrogen (secondary N) is 1. The first-order chi connectivity index (χ1) is 10.6. The molecule has 1 aromatic carbocycles. The van der Waals surface area contributed by atoms with Crippen LogP contribution in [0, 0.1) is 17.8 Å². The summed E-state index contributed by atoms with van der Waals surface area (Å²) in [5, 5.41) is 13.2. The SMILES string of the molecule is CC1CC1C(NC(=O)N(C)CC(O)C1CC1)c1ccccc1. The minimum Gasteiger partial charge on any atom is -0.391 e. The summed E-state index contributed by atoms with van der Waals surface area (Å²) in [7, 11) is 1.76. The van der Waals surface area contributed by atoms with E-state index >= 15 is 0 Å². The second-order valence-corrected chi connectivity index (χ2v) is 7.00. The Morgan fingerprint density at radius 1 is 1.36 bits per heavy atom. The number of hydrogen-bond acceptors (Lipinski definition) is 2. The van der Waals surface area contributed by atoms with Crippen molar-refractivity contribution in [3.8, 4) is 0 Å². The summed E-state index contributed by atoms with van der Waals surface area (Å²) in [6, 6.07) is 10.2. The van der Waals surface area contributed by atoms with Crippen molar-refractivity contribution in [2.24, 2.45) is 17.8 Å². The van der Waals surface area contributed by atoms with Gasteiger partial charge in [-0.25, -0.2) is 4.79 Å². The lowest BCUT2D eigenvalue weighted by Gasteiger charge is -2.26. The topological polar surface area (TPSA) is 52.6 Å². The quantitative estimate of drug-likeness (QED) is 0.849. The van der Waals surface area contributed by atoms with Gasteiger partial charge >= 0.3 is 6.03 Å². The molecular weight excluding hydrogens is 276 g/mol. The molecule has 2 N–H and O–H groups in total. The van der Waals surface area contributed by atoms with Gasteiger partial charge in [-0.05, 0) is 42.6 Å². The van der Waals surface area contributed by atoms with Crippen LogP contribution in [0.25, 0.3) is 0 Å². The number of carbonyl (C=O) groups excluding carboxylic acids is 1. The van der Waals surface area contributed by atoms with Crippen LogP contribution in [0.5, 0.6) is 0 Å². The van der Waals surface area contributed by atoms with Gasteiger partial charge in [0.25, 0.3) is 0 Å². The zero-order chi connectivity index (χ0) is 15.7. The Hall–Kier alpha value is -1.55. The molecule has 4 atom stereocenters. The van der Waals surface area contributed by atoms with Gasteiger partial charge in [0, 0.05) is 13.6 Å². The van der Waals surface area contributed by atoms with Crippen molar-refractivity contribution in [2.45, 2.75) is 38.3 Å². The van der Waals surface area contributed by atoms with E-state index in [1.165, 1.54) is 5.56 Å². The summed E-state index contributed by atoms with van der Waals surface area (Å²) >= 11 is 0. The summed E-state index contributed by atoms with van der Waals surface area (Å²) in [6.07, 6.45) is 2.95. The third kappa shape index (κ3) is 3.61. The molecule has 2 aliphatic rings. The number of hydrogen-bond donors (Lipinski definition) is 2. The molecule has 0 aromatic heterocycles. The Balaban J connectivity index is 1.61. The van der Waals surface area contributed by atoms with E-state index in [0.29, 0.717) is 24.3 Å². The van der Waals surface area contributed by atoms with Gasteiger partial charge in [-0.3, -0.25) is 0 Å². The molecule has 2 amide bonds. The zero-order valence-corrected chi connectivity index (χ0v) is 13.4. The first-order valence-electron chi connectivity index (χ1n) is 8.31. The van der Waals surface area contributed by atoms with Gasteiger partial charge < -0.3 is 15.3 Å². The Morgan fingerprint density at radius 3 is 2.55 bits per heavy atom. The highest BCUT2D eigenvalue weighted by atomic mass is 16.3. The van der Waals surface area contributed by atoms with E-state index < -0.39 is 0 Å². The van der Waals surface area contributed by atoms with E-state index in [1.807, 2.05) is 18.2 Å². The van der Waals surface area contributed by atoms with Crippen molar-refractivity contribution in [2.75, 3.05) is 13.6 Å². The number of urea groups is 1. The van der Waals surface area contributed by atoms with Crippen molar-refractivity contribution >= 4 is 6.03 Å². The monoisotopic (exact) mass is 302 g/mol. The van der Waals surface area contributed by atoms with Crippen LogP contribution in [0.3, 0.4) is 0 Å². The van der Waals surface area contributed by atoms with E-state index in [-0.39, 0.29) is 18.2 Å². The van der Waals surface area contributed by atoms with E-state index in [4.69, 9.17) is 0 Å². The van der Waals surface area contributed by atoms with Crippen LogP contribution in [-0.2, 0) is 0 Å². The predicted octanol–water partition coefficient (Wildman–Crippen LogP) is 2.80. The molecule has 0 spiro atoms. The van der Waals surface area contributed by atoms with Gasteiger partial charge in [-0.1, -0.05) is 37.3 Å². The molecule has 4 heteroatoms. The van der Waals surface area contributed by atoms with E-state index in [2.05, 4.69) is 24.4 Å². The van der Waals surface area contributed by atoms with Gasteiger partial charge in [0.05, 0.1) is 12.1 Å². The number of carbonyl (C=O) groups is 1. The molecule has 1 aromatic rings. The highest BCUT2D eigenvalue weighted by molar-refractivity contribution is 5.74. The van der Waals surface area contributed by atoms with Crippen molar-refractivity contribution in [3.63, 3.8) is 0 Å². The fourth-order valence-corrected chi connectivity index (χ4v) is 3.15. The Morgan fingerprint density at radius 2 is 2.00 bits per heavy atom. The average molecular weight is 302 g/mol. The molecule has 4 unspecified atom stereocenters. The molecule has 2 saturated carbocycles. The van der Waals surface area contributed by atoms with E-state index in [9.17, 15) is 9.90 Å². The molecule has 4 nitrogen and oxygen atoms in total. The summed E-state index contributed by atoms with van der Waals surface area (Å²) in [5.41, 5.74) is 1.17. The predicted molar refractivity (Wildman–Crippen MR) is 86.3 cm³/mol. The second-order valence-electron chi connectivity index (χ2n) is 7.00. The summed E-state index contributed by atoms with van der Waals surface area (Å²) in [6.45, 7) is 2.64. The zero-order valence-electron chi connectivity index (χ0n) is 13.4. The normalized spacial score (nSPS) is 26.1. The standard InChI is InChI=1S/C18H26N2O2/c1-12-10-15(12)17(14-6-4-3-5-7-14)19-18(22)20(2)11-16(21)13-8-9-13/h3-7,12-13,15-17,21H,8-11H2,1-2H3,(H,19,22). The molecule has 0 radical (unpaired) electrons. The molecule has 120 valence electrons. The largest absolute Gasteiger partial charge is 0.391 e. The van der Waals surface area contributed by atoms with Crippen molar-refractivity contribution < 1.29 is 9.90 Å². The summed E-state index contributed by atoms with van der Waals surface area (Å²) in [4.78, 5) is 14.1. The highest BCUT2D eigenvalue weighted by Gasteiger charge is 2.41. The Bertz CT molecular complexity index is 515. The lowest BCUT2D eigenvalue weighted by molar-refractivity contribution is 0.112. The minimum atomic E-state index is -0.384. The lowest BCUT2D eigenvalue weighted by atomic mass is 10.0. The number of amides is 2. The first kappa shape index (κ1) is 15.3. The molecule has 0 heterocycles. The summed E-state index contributed by atoms with van der Waals surface area (Å²) < 4.78 is 0. The highest BCUT2D eigenvalue weighted by Crippen LogP contribution is 2.47. The average Bonchev–Trinajstić information content (AvgIpc) is 3.41. The van der Waals surface area contributed by atoms with E-state index in [0.717, 1.165) is 19.3 Å². The Labute approximate surface area is 132 Å². The van der Waals surface area contributed by atoms with Gasteiger partial charge in [0.2, 0.25) is 0 Å². The van der Waals surface area contributed by atoms with Gasteiger partial charge in [0.15, 0.2) is 0 Å². The minimum absolute atomic E-state index is 0.0733. The molecule has 0 saturated heterocycles. The molecule has 0 bridgehead atoms. The third-order valence-corrected chi connectivity index (χ3v) is 5.01. The molecule has 22 heavy (non-hydrogen) atoms. The van der Waals surface area contributed by atoms with Crippen LogP contribution in [0.4, 0.5) is 4.79 Å². The van der Waals surface area contributed by atoms with Crippen LogP contribution in [0.15, 0.2) is 30.3 Å². The number of rotatable bonds is 6. The molecule has 2 aliphatic carbocycles. The third-order valence-electron chi connectivity index (χ3n) is 5.01. The molecule has 3 rings (SSSR count). The molecule has 0 aliphatic heterocycles. The fourth-order valence-electron chi connectivity index (χ4n) is 3.15. The number of nitrogens with zero attached hydrogens (tertiary/aromatic N) is 1. The Kier molecular flexibility index (Phi) is 4.39. The maximum atomic E-state index is 12.4. The van der Waals surface area contributed by atoms with Gasteiger partial charge in [-0.2, -0.15) is 0 Å². The van der Waals surface area contributed by atoms with Crippen molar-refractivity contribution in [1.82, 2.24) is 10.2 Å². The van der Waals surface area contributed by atoms with E-state index in [1.54, 1.807) is 11.9 Å². The summed E-state index contributed by atoms with van der Waals surface area (Å²) in [5.74, 6) is 1.57. The fraction of sp³-hybridized carbons (Fsp3) is 0.611. The molecule has 2 fully saturated rings. The van der Waals surface area contributed by atoms with Crippen LogP contribution < -0.4 is 5.32 Å². The number of likely N-dealkylation sites (N-methyl/N-ethyl adjacent to an activating group) is 1. The molecular formula is C18H26N2O2. The van der Waals surface area contributed by atoms with Crippen molar-refractivity contribution in [3.05, 3.63) is 35.9 Å². The maximum Gasteiger partial charge on any atom is 0.317 e. The smallest absolute Gasteiger partial charge is 0.317 e. The van der Waals surface area contributed by atoms with Crippen LogP contribution in [0.1, 0.15) is 37.8 Å². The number of aliphatic hydroxyl groups excluding tert-OH is 1. The number of aliphatic hydroxyl groups is 1. The van der Waals surface area contributed by atoms with Crippen LogP contribution >= 0.6 is 0 Å².